The van der Waals surface area contributed by atoms with Crippen molar-refractivity contribution in [3.8, 4) is 11.5 Å². The van der Waals surface area contributed by atoms with Crippen LogP contribution in [0.15, 0.2) is 18.2 Å². The van der Waals surface area contributed by atoms with Crippen LogP contribution >= 0.6 is 0 Å². The molecule has 1 aromatic rings. The molecule has 1 aromatic carbocycles. The fraction of sp³-hybridized carbons (Fsp3) is 0.300. The highest BCUT2D eigenvalue weighted by atomic mass is 16.5. The van der Waals surface area contributed by atoms with Gasteiger partial charge in [0.15, 0.2) is 0 Å². The van der Waals surface area contributed by atoms with Gasteiger partial charge in [-0.1, -0.05) is 6.07 Å². The van der Waals surface area contributed by atoms with Crippen molar-refractivity contribution in [2.24, 2.45) is 0 Å². The summed E-state index contributed by atoms with van der Waals surface area (Å²) in [5, 5.41) is 9.18. The summed E-state index contributed by atoms with van der Waals surface area (Å²) in [5.74, 6) is 0.720. The Hall–Kier alpha value is -1.51. The van der Waals surface area contributed by atoms with E-state index in [2.05, 4.69) is 0 Å². The lowest BCUT2D eigenvalue weighted by Crippen LogP contribution is -2.14. The SMILES string of the molecule is O=CC1CCOc2cc(O)ccc21. The topological polar surface area (TPSA) is 46.5 Å². The van der Waals surface area contributed by atoms with Crippen LogP contribution in [0.5, 0.6) is 11.5 Å². The fourth-order valence-electron chi connectivity index (χ4n) is 1.55. The van der Waals surface area contributed by atoms with E-state index in [1.807, 2.05) is 0 Å². The number of aromatic hydroxyl groups is 1. The van der Waals surface area contributed by atoms with Gasteiger partial charge in [0.05, 0.1) is 6.61 Å². The molecule has 1 aliphatic rings. The third-order valence-corrected chi connectivity index (χ3v) is 2.25. The largest absolute Gasteiger partial charge is 0.508 e. The van der Waals surface area contributed by atoms with E-state index in [1.54, 1.807) is 18.2 Å². The molecule has 1 heterocycles. The summed E-state index contributed by atoms with van der Waals surface area (Å²) in [7, 11) is 0. The Balaban J connectivity index is 2.45. The number of fused-ring (bicyclic) bond motifs is 1. The van der Waals surface area contributed by atoms with Gasteiger partial charge in [0, 0.05) is 17.5 Å². The number of carbonyl (C=O) groups is 1. The molecule has 13 heavy (non-hydrogen) atoms. The summed E-state index contributed by atoms with van der Waals surface area (Å²) in [6, 6.07) is 4.86. The smallest absolute Gasteiger partial charge is 0.127 e. The first-order valence-electron chi connectivity index (χ1n) is 4.22. The van der Waals surface area contributed by atoms with Gasteiger partial charge in [0.1, 0.15) is 17.8 Å². The molecule has 1 atom stereocenters. The van der Waals surface area contributed by atoms with Crippen molar-refractivity contribution >= 4 is 6.29 Å². The average Bonchev–Trinajstić information content (AvgIpc) is 2.16. The molecule has 0 aliphatic carbocycles. The summed E-state index contributed by atoms with van der Waals surface area (Å²) in [6.07, 6.45) is 1.65. The quantitative estimate of drug-likeness (QED) is 0.662. The van der Waals surface area contributed by atoms with Gasteiger partial charge >= 0.3 is 0 Å². The fourth-order valence-corrected chi connectivity index (χ4v) is 1.55. The molecule has 3 heteroatoms. The molecule has 1 unspecified atom stereocenters. The Labute approximate surface area is 76.0 Å². The number of carbonyl (C=O) groups excluding carboxylic acids is 1. The van der Waals surface area contributed by atoms with Gasteiger partial charge in [0.2, 0.25) is 0 Å². The van der Waals surface area contributed by atoms with E-state index in [4.69, 9.17) is 4.74 Å². The summed E-state index contributed by atoms with van der Waals surface area (Å²) in [4.78, 5) is 10.7. The van der Waals surface area contributed by atoms with Gasteiger partial charge < -0.3 is 14.6 Å². The minimum Gasteiger partial charge on any atom is -0.508 e. The Kier molecular flexibility index (Phi) is 1.93. The molecule has 0 amide bonds. The first kappa shape index (κ1) is 8.10. The average molecular weight is 178 g/mol. The molecule has 0 aromatic heterocycles. The zero-order valence-corrected chi connectivity index (χ0v) is 7.06. The number of rotatable bonds is 1. The van der Waals surface area contributed by atoms with Crippen LogP contribution in [0.25, 0.3) is 0 Å². The molecule has 0 bridgehead atoms. The Morgan fingerprint density at radius 1 is 1.54 bits per heavy atom. The third kappa shape index (κ3) is 1.37. The van der Waals surface area contributed by atoms with Crippen molar-refractivity contribution in [3.63, 3.8) is 0 Å². The minimum atomic E-state index is -0.0793. The van der Waals surface area contributed by atoms with Crippen LogP contribution in [0.4, 0.5) is 0 Å². The van der Waals surface area contributed by atoms with Crippen molar-refractivity contribution in [2.45, 2.75) is 12.3 Å². The van der Waals surface area contributed by atoms with E-state index in [9.17, 15) is 9.90 Å². The van der Waals surface area contributed by atoms with E-state index in [-0.39, 0.29) is 11.7 Å². The second kappa shape index (κ2) is 3.09. The number of hydrogen-bond acceptors (Lipinski definition) is 3. The zero-order valence-electron chi connectivity index (χ0n) is 7.06. The molecule has 1 aliphatic heterocycles. The Morgan fingerprint density at radius 3 is 3.15 bits per heavy atom. The van der Waals surface area contributed by atoms with E-state index in [0.29, 0.717) is 12.4 Å². The number of ether oxygens (including phenoxy) is 1. The Morgan fingerprint density at radius 2 is 2.38 bits per heavy atom. The maximum Gasteiger partial charge on any atom is 0.127 e. The summed E-state index contributed by atoms with van der Waals surface area (Å²) in [6.45, 7) is 0.542. The van der Waals surface area contributed by atoms with Gasteiger partial charge in [-0.3, -0.25) is 0 Å². The second-order valence-corrected chi connectivity index (χ2v) is 3.10. The standard InChI is InChI=1S/C10H10O3/c11-6-7-3-4-13-10-5-8(12)1-2-9(7)10/h1-2,5-7,12H,3-4H2. The number of benzene rings is 1. The highest BCUT2D eigenvalue weighted by molar-refractivity contribution is 5.65. The van der Waals surface area contributed by atoms with Crippen LogP contribution in [-0.4, -0.2) is 18.0 Å². The summed E-state index contributed by atoms with van der Waals surface area (Å²) < 4.78 is 5.32. The van der Waals surface area contributed by atoms with E-state index < -0.39 is 0 Å². The van der Waals surface area contributed by atoms with Crippen LogP contribution in [0.3, 0.4) is 0 Å². The molecule has 0 saturated heterocycles. The van der Waals surface area contributed by atoms with Crippen LogP contribution in [0, 0.1) is 0 Å². The van der Waals surface area contributed by atoms with Crippen molar-refractivity contribution < 1.29 is 14.6 Å². The van der Waals surface area contributed by atoms with Gasteiger partial charge in [-0.15, -0.1) is 0 Å². The second-order valence-electron chi connectivity index (χ2n) is 3.10. The number of hydrogen-bond donors (Lipinski definition) is 1. The van der Waals surface area contributed by atoms with Gasteiger partial charge in [-0.2, -0.15) is 0 Å². The van der Waals surface area contributed by atoms with Gasteiger partial charge in [-0.25, -0.2) is 0 Å². The number of phenolic OH excluding ortho intramolecular Hbond substituents is 1. The maximum absolute atomic E-state index is 10.7. The molecule has 0 saturated carbocycles. The monoisotopic (exact) mass is 178 g/mol. The highest BCUT2D eigenvalue weighted by Gasteiger charge is 2.20. The van der Waals surface area contributed by atoms with Crippen molar-refractivity contribution in [1.29, 1.82) is 0 Å². The van der Waals surface area contributed by atoms with Crippen molar-refractivity contribution in [2.75, 3.05) is 6.61 Å². The first-order chi connectivity index (χ1) is 6.31. The van der Waals surface area contributed by atoms with E-state index in [0.717, 1.165) is 18.3 Å². The molecular weight excluding hydrogens is 168 g/mol. The lowest BCUT2D eigenvalue weighted by molar-refractivity contribution is -0.109. The molecular formula is C10H10O3. The van der Waals surface area contributed by atoms with Crippen LogP contribution in [-0.2, 0) is 4.79 Å². The van der Waals surface area contributed by atoms with Crippen molar-refractivity contribution in [1.82, 2.24) is 0 Å². The maximum atomic E-state index is 10.7. The Bertz CT molecular complexity index is 333. The van der Waals surface area contributed by atoms with Crippen LogP contribution < -0.4 is 4.74 Å². The minimum absolute atomic E-state index is 0.0793. The molecule has 0 spiro atoms. The van der Waals surface area contributed by atoms with E-state index >= 15 is 0 Å². The number of aldehydes is 1. The molecule has 0 fully saturated rings. The van der Waals surface area contributed by atoms with Gasteiger partial charge in [-0.05, 0) is 12.5 Å². The highest BCUT2D eigenvalue weighted by Crippen LogP contribution is 2.34. The summed E-state index contributed by atoms with van der Waals surface area (Å²) >= 11 is 0. The lowest BCUT2D eigenvalue weighted by atomic mass is 9.94. The van der Waals surface area contributed by atoms with Crippen LogP contribution in [0.1, 0.15) is 17.9 Å². The first-order valence-corrected chi connectivity index (χ1v) is 4.22. The molecule has 2 rings (SSSR count). The lowest BCUT2D eigenvalue weighted by Gasteiger charge is -2.21. The van der Waals surface area contributed by atoms with Gasteiger partial charge in [0.25, 0.3) is 0 Å². The molecule has 68 valence electrons. The van der Waals surface area contributed by atoms with Crippen molar-refractivity contribution in [3.05, 3.63) is 23.8 Å². The molecule has 0 radical (unpaired) electrons. The predicted octanol–water partition coefficient (Wildman–Crippen LogP) is 1.46. The zero-order chi connectivity index (χ0) is 9.26. The predicted molar refractivity (Wildman–Crippen MR) is 47.0 cm³/mol. The molecule has 3 nitrogen and oxygen atoms in total. The third-order valence-electron chi connectivity index (χ3n) is 2.25. The normalized spacial score (nSPS) is 20.2. The number of phenols is 1. The van der Waals surface area contributed by atoms with Crippen LogP contribution in [0.2, 0.25) is 0 Å². The molecule has 1 N–H and O–H groups in total. The summed E-state index contributed by atoms with van der Waals surface area (Å²) in [5.41, 5.74) is 0.874. The van der Waals surface area contributed by atoms with E-state index in [1.165, 1.54) is 0 Å².